The van der Waals surface area contributed by atoms with Crippen LogP contribution in [-0.2, 0) is 6.54 Å². The van der Waals surface area contributed by atoms with Crippen LogP contribution < -0.4 is 10.6 Å². The van der Waals surface area contributed by atoms with Crippen LogP contribution in [0.3, 0.4) is 0 Å². The summed E-state index contributed by atoms with van der Waals surface area (Å²) in [4.78, 5) is 13.2. The first-order valence-electron chi connectivity index (χ1n) is 8.86. The van der Waals surface area contributed by atoms with Gasteiger partial charge in [0.1, 0.15) is 12.3 Å². The minimum atomic E-state index is 0. The number of guanidine groups is 1. The average Bonchev–Trinajstić information content (AvgIpc) is 2.91. The Bertz CT molecular complexity index is 665. The number of hydrogen-bond acceptors (Lipinski definition) is 4. The molecule has 0 bridgehead atoms. The van der Waals surface area contributed by atoms with E-state index in [9.17, 15) is 0 Å². The molecule has 2 aromatic rings. The number of nitrogens with zero attached hydrogens (tertiary/aromatic N) is 3. The number of nitrogens with one attached hydrogen (secondary N) is 2. The number of rotatable bonds is 7. The van der Waals surface area contributed by atoms with Gasteiger partial charge >= 0.3 is 0 Å². The first-order chi connectivity index (χ1) is 12.0. The van der Waals surface area contributed by atoms with Gasteiger partial charge in [0.15, 0.2) is 5.96 Å². The smallest absolute Gasteiger partial charge is 0.216 e. The van der Waals surface area contributed by atoms with Crippen LogP contribution in [0.1, 0.15) is 49.6 Å². The van der Waals surface area contributed by atoms with E-state index in [1.807, 2.05) is 26.1 Å². The normalized spacial score (nSPS) is 12.6. The van der Waals surface area contributed by atoms with Crippen LogP contribution in [0.15, 0.2) is 33.9 Å². The zero-order valence-electron chi connectivity index (χ0n) is 16.2. The molecule has 0 spiro atoms. The summed E-state index contributed by atoms with van der Waals surface area (Å²) in [5.74, 6) is 3.12. The van der Waals surface area contributed by atoms with Crippen LogP contribution in [0.4, 0.5) is 0 Å². The van der Waals surface area contributed by atoms with E-state index in [1.54, 1.807) is 6.20 Å². The SMILES string of the molecule is CCNC(=NCc1nc(C)c(C)o1)NCC(c1cccnc1)C(C)C.I. The molecule has 0 amide bonds. The van der Waals surface area contributed by atoms with E-state index in [0.717, 1.165) is 30.5 Å². The van der Waals surface area contributed by atoms with E-state index in [4.69, 9.17) is 4.42 Å². The molecule has 2 rings (SSSR count). The van der Waals surface area contributed by atoms with Crippen molar-refractivity contribution in [3.63, 3.8) is 0 Å². The molecule has 0 aromatic carbocycles. The summed E-state index contributed by atoms with van der Waals surface area (Å²) in [5.41, 5.74) is 2.15. The Kier molecular flexibility index (Phi) is 9.61. The van der Waals surface area contributed by atoms with Gasteiger partial charge in [0.2, 0.25) is 5.89 Å². The number of aryl methyl sites for hydroxylation is 2. The third-order valence-corrected chi connectivity index (χ3v) is 4.20. The number of pyridine rings is 1. The maximum absolute atomic E-state index is 5.59. The summed E-state index contributed by atoms with van der Waals surface area (Å²) < 4.78 is 5.59. The van der Waals surface area contributed by atoms with Crippen molar-refractivity contribution in [2.24, 2.45) is 10.9 Å². The predicted molar refractivity (Wildman–Crippen MR) is 116 cm³/mol. The van der Waals surface area contributed by atoms with Crippen LogP contribution >= 0.6 is 24.0 Å². The zero-order chi connectivity index (χ0) is 18.2. The third kappa shape index (κ3) is 6.59. The molecule has 0 aliphatic carbocycles. The van der Waals surface area contributed by atoms with Crippen LogP contribution in [0, 0.1) is 19.8 Å². The Hall–Kier alpha value is -1.64. The quantitative estimate of drug-likeness (QED) is 0.365. The minimum Gasteiger partial charge on any atom is -0.444 e. The second-order valence-corrected chi connectivity index (χ2v) is 6.46. The molecule has 144 valence electrons. The lowest BCUT2D eigenvalue weighted by Gasteiger charge is -2.22. The highest BCUT2D eigenvalue weighted by molar-refractivity contribution is 14.0. The highest BCUT2D eigenvalue weighted by atomic mass is 127. The number of hydrogen-bond donors (Lipinski definition) is 2. The van der Waals surface area contributed by atoms with E-state index >= 15 is 0 Å². The average molecular weight is 471 g/mol. The molecule has 1 unspecified atom stereocenters. The fourth-order valence-corrected chi connectivity index (χ4v) is 2.64. The molecule has 0 aliphatic rings. The summed E-state index contributed by atoms with van der Waals surface area (Å²) in [6.07, 6.45) is 3.74. The molecule has 26 heavy (non-hydrogen) atoms. The molecule has 0 saturated heterocycles. The van der Waals surface area contributed by atoms with E-state index < -0.39 is 0 Å². The molecule has 0 fully saturated rings. The van der Waals surface area contributed by atoms with Gasteiger partial charge in [-0.05, 0) is 38.3 Å². The fourth-order valence-electron chi connectivity index (χ4n) is 2.64. The number of aliphatic imine (C=N–C) groups is 1. The summed E-state index contributed by atoms with van der Waals surface area (Å²) in [6, 6.07) is 4.11. The Morgan fingerprint density at radius 2 is 2.04 bits per heavy atom. The lowest BCUT2D eigenvalue weighted by molar-refractivity contribution is 0.470. The van der Waals surface area contributed by atoms with E-state index in [1.165, 1.54) is 5.56 Å². The summed E-state index contributed by atoms with van der Waals surface area (Å²) in [7, 11) is 0. The molecule has 1 atom stereocenters. The Labute approximate surface area is 173 Å². The van der Waals surface area contributed by atoms with Crippen molar-refractivity contribution in [1.29, 1.82) is 0 Å². The zero-order valence-corrected chi connectivity index (χ0v) is 18.6. The maximum atomic E-state index is 5.59. The van der Waals surface area contributed by atoms with Crippen LogP contribution in [0.25, 0.3) is 0 Å². The first kappa shape index (κ1) is 22.4. The Morgan fingerprint density at radius 1 is 1.27 bits per heavy atom. The molecule has 0 radical (unpaired) electrons. The van der Waals surface area contributed by atoms with Crippen LogP contribution in [0.5, 0.6) is 0 Å². The van der Waals surface area contributed by atoms with Crippen molar-refractivity contribution in [2.45, 2.75) is 47.1 Å². The van der Waals surface area contributed by atoms with Gasteiger partial charge in [-0.15, -0.1) is 24.0 Å². The van der Waals surface area contributed by atoms with Crippen molar-refractivity contribution in [1.82, 2.24) is 20.6 Å². The standard InChI is InChI=1S/C19H29N5O.HI/c1-6-21-19(23-12-18-24-14(4)15(5)25-18)22-11-17(13(2)3)16-8-7-9-20-10-16;/h7-10,13,17H,6,11-12H2,1-5H3,(H2,21,22,23);1H. The van der Waals surface area contributed by atoms with Crippen molar-refractivity contribution in [2.75, 3.05) is 13.1 Å². The molecule has 6 nitrogen and oxygen atoms in total. The Morgan fingerprint density at radius 3 is 2.58 bits per heavy atom. The van der Waals surface area contributed by atoms with Crippen molar-refractivity contribution in [3.8, 4) is 0 Å². The van der Waals surface area contributed by atoms with Gasteiger partial charge in [0, 0.05) is 31.4 Å². The lowest BCUT2D eigenvalue weighted by atomic mass is 9.89. The summed E-state index contributed by atoms with van der Waals surface area (Å²) in [5, 5.41) is 6.71. The van der Waals surface area contributed by atoms with E-state index in [-0.39, 0.29) is 24.0 Å². The van der Waals surface area contributed by atoms with Crippen molar-refractivity contribution in [3.05, 3.63) is 47.4 Å². The van der Waals surface area contributed by atoms with Crippen molar-refractivity contribution < 1.29 is 4.42 Å². The second-order valence-electron chi connectivity index (χ2n) is 6.46. The predicted octanol–water partition coefficient (Wildman–Crippen LogP) is 3.80. The maximum Gasteiger partial charge on any atom is 0.216 e. The highest BCUT2D eigenvalue weighted by Gasteiger charge is 2.16. The summed E-state index contributed by atoms with van der Waals surface area (Å²) in [6.45, 7) is 12.4. The van der Waals surface area contributed by atoms with Gasteiger partial charge in [-0.1, -0.05) is 19.9 Å². The molecule has 2 aromatic heterocycles. The lowest BCUT2D eigenvalue weighted by Crippen LogP contribution is -2.40. The second kappa shape index (κ2) is 11.2. The van der Waals surface area contributed by atoms with Gasteiger partial charge in [-0.2, -0.15) is 0 Å². The minimum absolute atomic E-state index is 0. The van der Waals surface area contributed by atoms with E-state index in [0.29, 0.717) is 24.3 Å². The highest BCUT2D eigenvalue weighted by Crippen LogP contribution is 2.22. The molecule has 7 heteroatoms. The van der Waals surface area contributed by atoms with Gasteiger partial charge in [0.25, 0.3) is 0 Å². The van der Waals surface area contributed by atoms with Gasteiger partial charge in [-0.25, -0.2) is 9.98 Å². The topological polar surface area (TPSA) is 75.3 Å². The first-order valence-corrected chi connectivity index (χ1v) is 8.86. The van der Waals surface area contributed by atoms with Gasteiger partial charge in [0.05, 0.1) is 5.69 Å². The van der Waals surface area contributed by atoms with Crippen LogP contribution in [-0.4, -0.2) is 29.0 Å². The molecule has 0 saturated carbocycles. The molecule has 2 heterocycles. The fraction of sp³-hybridized carbons (Fsp3) is 0.526. The van der Waals surface area contributed by atoms with Gasteiger partial charge < -0.3 is 15.1 Å². The Balaban J connectivity index is 0.00000338. The molecular weight excluding hydrogens is 441 g/mol. The summed E-state index contributed by atoms with van der Waals surface area (Å²) >= 11 is 0. The number of aromatic nitrogens is 2. The monoisotopic (exact) mass is 471 g/mol. The van der Waals surface area contributed by atoms with Crippen molar-refractivity contribution >= 4 is 29.9 Å². The molecule has 2 N–H and O–H groups in total. The van der Waals surface area contributed by atoms with E-state index in [2.05, 4.69) is 52.4 Å². The largest absolute Gasteiger partial charge is 0.444 e. The van der Waals surface area contributed by atoms with Crippen LogP contribution in [0.2, 0.25) is 0 Å². The molecular formula is C19H30IN5O. The molecule has 0 aliphatic heterocycles. The number of oxazole rings is 1. The van der Waals surface area contributed by atoms with Gasteiger partial charge in [-0.3, -0.25) is 4.98 Å². The third-order valence-electron chi connectivity index (χ3n) is 4.20. The number of halogens is 1.